The Labute approximate surface area is 137 Å². The van der Waals surface area contributed by atoms with E-state index in [1.165, 1.54) is 25.7 Å². The van der Waals surface area contributed by atoms with Crippen molar-refractivity contribution in [3.05, 3.63) is 30.1 Å². The lowest BCUT2D eigenvalue weighted by Gasteiger charge is -2.32. The van der Waals surface area contributed by atoms with Gasteiger partial charge in [0.25, 0.3) is 5.91 Å². The first-order valence-corrected chi connectivity index (χ1v) is 8.71. The molecule has 0 unspecified atom stereocenters. The summed E-state index contributed by atoms with van der Waals surface area (Å²) >= 11 is 0. The average Bonchev–Trinajstić information content (AvgIpc) is 3.08. The van der Waals surface area contributed by atoms with Gasteiger partial charge in [0.1, 0.15) is 0 Å². The van der Waals surface area contributed by atoms with E-state index in [1.807, 2.05) is 4.90 Å². The molecule has 0 bridgehead atoms. The number of carbonyl (C=O) groups is 2. The molecule has 1 saturated heterocycles. The van der Waals surface area contributed by atoms with E-state index >= 15 is 0 Å². The zero-order valence-corrected chi connectivity index (χ0v) is 13.5. The maximum atomic E-state index is 12.4. The summed E-state index contributed by atoms with van der Waals surface area (Å²) in [4.78, 5) is 30.3. The number of likely N-dealkylation sites (tertiary alicyclic amines) is 1. The number of nitrogens with zero attached hydrogens (tertiary/aromatic N) is 2. The summed E-state index contributed by atoms with van der Waals surface area (Å²) in [6, 6.07) is 3.71. The van der Waals surface area contributed by atoms with Crippen LogP contribution in [0.4, 0.5) is 0 Å². The summed E-state index contributed by atoms with van der Waals surface area (Å²) in [7, 11) is 0. The Hall–Kier alpha value is -1.91. The number of hydrogen-bond acceptors (Lipinski definition) is 3. The molecular weight excluding hydrogens is 290 g/mol. The molecule has 0 radical (unpaired) electrons. The minimum absolute atomic E-state index is 0.0585. The molecule has 1 aromatic rings. The third kappa shape index (κ3) is 4.30. The predicted octanol–water partition coefficient (Wildman–Crippen LogP) is 2.38. The summed E-state index contributed by atoms with van der Waals surface area (Å²) in [6.45, 7) is 1.41. The van der Waals surface area contributed by atoms with Crippen molar-refractivity contribution in [2.45, 2.75) is 51.0 Å². The maximum absolute atomic E-state index is 12.4. The first-order chi connectivity index (χ1) is 11.2. The van der Waals surface area contributed by atoms with Crippen LogP contribution >= 0.6 is 0 Å². The van der Waals surface area contributed by atoms with Gasteiger partial charge in [-0.2, -0.15) is 0 Å². The van der Waals surface area contributed by atoms with Gasteiger partial charge in [0.05, 0.1) is 0 Å². The molecule has 5 nitrogen and oxygen atoms in total. The Morgan fingerprint density at radius 2 is 1.74 bits per heavy atom. The Morgan fingerprint density at radius 1 is 1.09 bits per heavy atom. The van der Waals surface area contributed by atoms with Crippen molar-refractivity contribution >= 4 is 11.8 Å². The van der Waals surface area contributed by atoms with E-state index in [1.54, 1.807) is 24.5 Å². The largest absolute Gasteiger partial charge is 0.353 e. The van der Waals surface area contributed by atoms with E-state index in [-0.39, 0.29) is 17.9 Å². The number of amides is 2. The molecule has 1 aliphatic carbocycles. The minimum atomic E-state index is 0.0585. The van der Waals surface area contributed by atoms with Crippen LogP contribution in [-0.4, -0.2) is 40.8 Å². The van der Waals surface area contributed by atoms with Crippen molar-refractivity contribution in [1.29, 1.82) is 0 Å². The Bertz CT molecular complexity index is 532. The lowest BCUT2D eigenvalue weighted by molar-refractivity contribution is -0.122. The van der Waals surface area contributed by atoms with Crippen LogP contribution in [-0.2, 0) is 4.79 Å². The van der Waals surface area contributed by atoms with Gasteiger partial charge in [-0.15, -0.1) is 0 Å². The van der Waals surface area contributed by atoms with E-state index in [0.29, 0.717) is 31.0 Å². The van der Waals surface area contributed by atoms with Crippen LogP contribution in [0.25, 0.3) is 0 Å². The molecule has 1 saturated carbocycles. The van der Waals surface area contributed by atoms with Crippen LogP contribution in [0, 0.1) is 5.92 Å². The van der Waals surface area contributed by atoms with E-state index in [0.717, 1.165) is 12.8 Å². The van der Waals surface area contributed by atoms with Gasteiger partial charge in [-0.3, -0.25) is 14.6 Å². The molecular formula is C18H25N3O2. The van der Waals surface area contributed by atoms with Gasteiger partial charge in [-0.25, -0.2) is 0 Å². The zero-order valence-electron chi connectivity index (χ0n) is 13.5. The van der Waals surface area contributed by atoms with Gasteiger partial charge < -0.3 is 10.2 Å². The average molecular weight is 315 g/mol. The predicted molar refractivity (Wildman–Crippen MR) is 87.9 cm³/mol. The normalized spacial score (nSPS) is 19.7. The van der Waals surface area contributed by atoms with Crippen LogP contribution in [0.15, 0.2) is 24.5 Å². The third-order valence-electron chi connectivity index (χ3n) is 5.02. The zero-order chi connectivity index (χ0) is 16.1. The van der Waals surface area contributed by atoms with Crippen molar-refractivity contribution in [2.75, 3.05) is 13.1 Å². The highest BCUT2D eigenvalue weighted by Crippen LogP contribution is 2.27. The highest BCUT2D eigenvalue weighted by Gasteiger charge is 2.25. The molecule has 2 aliphatic rings. The molecule has 0 spiro atoms. The monoisotopic (exact) mass is 315 g/mol. The van der Waals surface area contributed by atoms with E-state index in [2.05, 4.69) is 10.3 Å². The summed E-state index contributed by atoms with van der Waals surface area (Å²) in [6.07, 6.45) is 10.6. The van der Waals surface area contributed by atoms with Crippen molar-refractivity contribution in [1.82, 2.24) is 15.2 Å². The topological polar surface area (TPSA) is 62.3 Å². The fraction of sp³-hybridized carbons (Fsp3) is 0.611. The van der Waals surface area contributed by atoms with Crippen molar-refractivity contribution < 1.29 is 9.59 Å². The number of pyridine rings is 1. The lowest BCUT2D eigenvalue weighted by Crippen LogP contribution is -2.46. The SMILES string of the molecule is O=C(CC1CCCC1)NC1CCN(C(=O)c2ccncc2)CC1. The van der Waals surface area contributed by atoms with E-state index in [4.69, 9.17) is 0 Å². The van der Waals surface area contributed by atoms with E-state index in [9.17, 15) is 9.59 Å². The smallest absolute Gasteiger partial charge is 0.253 e. The first-order valence-electron chi connectivity index (χ1n) is 8.71. The van der Waals surface area contributed by atoms with Gasteiger partial charge in [-0.05, 0) is 43.7 Å². The molecule has 3 rings (SSSR count). The van der Waals surface area contributed by atoms with Crippen LogP contribution in [0.2, 0.25) is 0 Å². The molecule has 124 valence electrons. The maximum Gasteiger partial charge on any atom is 0.253 e. The van der Waals surface area contributed by atoms with E-state index < -0.39 is 0 Å². The van der Waals surface area contributed by atoms with Gasteiger partial charge in [0.2, 0.25) is 5.91 Å². The second kappa shape index (κ2) is 7.57. The van der Waals surface area contributed by atoms with Gasteiger partial charge in [-0.1, -0.05) is 12.8 Å². The molecule has 2 amide bonds. The fourth-order valence-corrected chi connectivity index (χ4v) is 3.67. The van der Waals surface area contributed by atoms with Crippen LogP contribution < -0.4 is 5.32 Å². The molecule has 1 aromatic heterocycles. The van der Waals surface area contributed by atoms with Crippen LogP contribution in [0.1, 0.15) is 55.3 Å². The molecule has 1 aliphatic heterocycles. The van der Waals surface area contributed by atoms with Gasteiger partial charge in [0, 0.05) is 43.5 Å². The highest BCUT2D eigenvalue weighted by atomic mass is 16.2. The van der Waals surface area contributed by atoms with Crippen molar-refractivity contribution in [3.63, 3.8) is 0 Å². The number of aromatic nitrogens is 1. The molecule has 1 N–H and O–H groups in total. The highest BCUT2D eigenvalue weighted by molar-refractivity contribution is 5.94. The summed E-state index contributed by atoms with van der Waals surface area (Å²) < 4.78 is 0. The van der Waals surface area contributed by atoms with Crippen molar-refractivity contribution in [3.8, 4) is 0 Å². The summed E-state index contributed by atoms with van der Waals surface area (Å²) in [5.74, 6) is 0.835. The summed E-state index contributed by atoms with van der Waals surface area (Å²) in [5.41, 5.74) is 0.684. The first kappa shape index (κ1) is 16.0. The molecule has 0 aromatic carbocycles. The standard InChI is InChI=1S/C18H25N3O2/c22-17(13-14-3-1-2-4-14)20-16-7-11-21(12-8-16)18(23)15-5-9-19-10-6-15/h5-6,9-10,14,16H,1-4,7-8,11-13H2,(H,20,22). The second-order valence-corrected chi connectivity index (χ2v) is 6.72. The molecule has 2 fully saturated rings. The van der Waals surface area contributed by atoms with Gasteiger partial charge >= 0.3 is 0 Å². The van der Waals surface area contributed by atoms with Crippen LogP contribution in [0.3, 0.4) is 0 Å². The Morgan fingerprint density at radius 3 is 2.39 bits per heavy atom. The second-order valence-electron chi connectivity index (χ2n) is 6.72. The molecule has 0 atom stereocenters. The number of rotatable bonds is 4. The Kier molecular flexibility index (Phi) is 5.26. The quantitative estimate of drug-likeness (QED) is 0.928. The number of carbonyl (C=O) groups excluding carboxylic acids is 2. The molecule has 23 heavy (non-hydrogen) atoms. The number of hydrogen-bond donors (Lipinski definition) is 1. The number of piperidine rings is 1. The summed E-state index contributed by atoms with van der Waals surface area (Å²) in [5, 5.41) is 3.16. The Balaban J connectivity index is 1.43. The van der Waals surface area contributed by atoms with Crippen LogP contribution in [0.5, 0.6) is 0 Å². The molecule has 2 heterocycles. The number of nitrogens with one attached hydrogen (secondary N) is 1. The lowest BCUT2D eigenvalue weighted by atomic mass is 10.0. The van der Waals surface area contributed by atoms with Crippen molar-refractivity contribution in [2.24, 2.45) is 5.92 Å². The van der Waals surface area contributed by atoms with Gasteiger partial charge in [0.15, 0.2) is 0 Å². The third-order valence-corrected chi connectivity index (χ3v) is 5.02. The minimum Gasteiger partial charge on any atom is -0.353 e. The molecule has 5 heteroatoms. The fourth-order valence-electron chi connectivity index (χ4n) is 3.67.